The fourth-order valence-corrected chi connectivity index (χ4v) is 2.09. The molecule has 0 aromatic heterocycles. The molecular formula is C14H8BrF3O. The Balaban J connectivity index is 2.50. The second kappa shape index (κ2) is 5.17. The molecule has 2 aromatic carbocycles. The third-order valence-corrected chi connectivity index (χ3v) is 3.49. The standard InChI is InChI=1S/C14H8BrF3O/c1-7-2-3-8(6-11(7)17)14(19)9-4-5-10(16)13(18)12(9)15/h2-6H,1H3. The second-order valence-corrected chi connectivity index (χ2v) is 4.81. The summed E-state index contributed by atoms with van der Waals surface area (Å²) in [7, 11) is 0. The Morgan fingerprint density at radius 1 is 1.05 bits per heavy atom. The van der Waals surface area contributed by atoms with E-state index in [9.17, 15) is 18.0 Å². The molecule has 0 aliphatic carbocycles. The van der Waals surface area contributed by atoms with Crippen molar-refractivity contribution in [3.8, 4) is 0 Å². The van der Waals surface area contributed by atoms with Gasteiger partial charge in [0.1, 0.15) is 5.82 Å². The summed E-state index contributed by atoms with van der Waals surface area (Å²) < 4.78 is 39.5. The van der Waals surface area contributed by atoms with Crippen LogP contribution in [0.4, 0.5) is 13.2 Å². The minimum Gasteiger partial charge on any atom is -0.289 e. The first-order chi connectivity index (χ1) is 8.91. The normalized spacial score (nSPS) is 10.6. The maximum Gasteiger partial charge on any atom is 0.194 e. The zero-order valence-corrected chi connectivity index (χ0v) is 11.4. The molecule has 0 bridgehead atoms. The van der Waals surface area contributed by atoms with Crippen molar-refractivity contribution < 1.29 is 18.0 Å². The van der Waals surface area contributed by atoms with Gasteiger partial charge in [-0.2, -0.15) is 0 Å². The van der Waals surface area contributed by atoms with Crippen molar-refractivity contribution in [3.63, 3.8) is 0 Å². The van der Waals surface area contributed by atoms with E-state index < -0.39 is 23.2 Å². The number of aryl methyl sites for hydroxylation is 1. The van der Waals surface area contributed by atoms with E-state index in [1.54, 1.807) is 6.92 Å². The maximum absolute atomic E-state index is 13.4. The lowest BCUT2D eigenvalue weighted by atomic mass is 10.0. The van der Waals surface area contributed by atoms with Gasteiger partial charge in [-0.15, -0.1) is 0 Å². The number of carbonyl (C=O) groups is 1. The zero-order chi connectivity index (χ0) is 14.2. The van der Waals surface area contributed by atoms with E-state index in [4.69, 9.17) is 0 Å². The molecule has 0 saturated carbocycles. The highest BCUT2D eigenvalue weighted by Gasteiger charge is 2.18. The van der Waals surface area contributed by atoms with Crippen LogP contribution < -0.4 is 0 Å². The lowest BCUT2D eigenvalue weighted by Crippen LogP contribution is -2.05. The first-order valence-electron chi connectivity index (χ1n) is 5.36. The monoisotopic (exact) mass is 328 g/mol. The minimum absolute atomic E-state index is 0.0536. The summed E-state index contributed by atoms with van der Waals surface area (Å²) >= 11 is 2.83. The fraction of sp³-hybridized carbons (Fsp3) is 0.0714. The van der Waals surface area contributed by atoms with Gasteiger partial charge in [0.15, 0.2) is 17.4 Å². The molecule has 0 spiro atoms. The predicted octanol–water partition coefficient (Wildman–Crippen LogP) is 4.41. The summed E-state index contributed by atoms with van der Waals surface area (Å²) in [5.74, 6) is -3.30. The van der Waals surface area contributed by atoms with E-state index in [0.717, 1.165) is 18.2 Å². The largest absolute Gasteiger partial charge is 0.289 e. The molecule has 0 amide bonds. The molecule has 19 heavy (non-hydrogen) atoms. The van der Waals surface area contributed by atoms with Gasteiger partial charge in [0.05, 0.1) is 4.47 Å². The van der Waals surface area contributed by atoms with Crippen molar-refractivity contribution in [2.75, 3.05) is 0 Å². The van der Waals surface area contributed by atoms with Gasteiger partial charge in [0, 0.05) is 11.1 Å². The third-order valence-electron chi connectivity index (χ3n) is 2.71. The number of carbonyl (C=O) groups excluding carboxylic acids is 1. The van der Waals surface area contributed by atoms with Gasteiger partial charge in [-0.25, -0.2) is 13.2 Å². The molecule has 0 fully saturated rings. The van der Waals surface area contributed by atoms with Gasteiger partial charge >= 0.3 is 0 Å². The summed E-state index contributed by atoms with van der Waals surface area (Å²) in [5, 5.41) is 0. The molecule has 0 atom stereocenters. The molecule has 5 heteroatoms. The van der Waals surface area contributed by atoms with Crippen LogP contribution in [-0.4, -0.2) is 5.78 Å². The first-order valence-corrected chi connectivity index (χ1v) is 6.15. The maximum atomic E-state index is 13.4. The van der Waals surface area contributed by atoms with Crippen LogP contribution >= 0.6 is 15.9 Å². The number of benzene rings is 2. The average Bonchev–Trinajstić information content (AvgIpc) is 2.39. The van der Waals surface area contributed by atoms with Gasteiger partial charge in [-0.05, 0) is 46.6 Å². The van der Waals surface area contributed by atoms with E-state index in [0.29, 0.717) is 5.56 Å². The molecule has 0 saturated heterocycles. The molecule has 0 aliphatic rings. The van der Waals surface area contributed by atoms with E-state index in [1.165, 1.54) is 12.1 Å². The number of hydrogen-bond donors (Lipinski definition) is 0. The summed E-state index contributed by atoms with van der Waals surface area (Å²) in [6.45, 7) is 1.57. The Morgan fingerprint density at radius 3 is 2.37 bits per heavy atom. The van der Waals surface area contributed by atoms with Crippen LogP contribution in [0.2, 0.25) is 0 Å². The van der Waals surface area contributed by atoms with Crippen molar-refractivity contribution in [2.45, 2.75) is 6.92 Å². The topological polar surface area (TPSA) is 17.1 Å². The molecular weight excluding hydrogens is 321 g/mol. The van der Waals surface area contributed by atoms with Crippen LogP contribution in [0, 0.1) is 24.4 Å². The van der Waals surface area contributed by atoms with Crippen molar-refractivity contribution in [2.24, 2.45) is 0 Å². The van der Waals surface area contributed by atoms with E-state index in [1.807, 2.05) is 0 Å². The molecule has 98 valence electrons. The van der Waals surface area contributed by atoms with Gasteiger partial charge in [-0.3, -0.25) is 4.79 Å². The molecule has 0 unspecified atom stereocenters. The van der Waals surface area contributed by atoms with Crippen LogP contribution in [0.15, 0.2) is 34.8 Å². The fourth-order valence-electron chi connectivity index (χ4n) is 1.59. The van der Waals surface area contributed by atoms with Crippen LogP contribution in [0.1, 0.15) is 21.5 Å². The molecule has 0 aliphatic heterocycles. The zero-order valence-electron chi connectivity index (χ0n) is 9.81. The molecule has 2 rings (SSSR count). The molecule has 0 radical (unpaired) electrons. The van der Waals surface area contributed by atoms with Crippen LogP contribution in [0.3, 0.4) is 0 Å². The average molecular weight is 329 g/mol. The van der Waals surface area contributed by atoms with Crippen LogP contribution in [-0.2, 0) is 0 Å². The minimum atomic E-state index is -1.14. The molecule has 0 N–H and O–H groups in total. The van der Waals surface area contributed by atoms with Crippen molar-refractivity contribution in [3.05, 3.63) is 68.9 Å². The Morgan fingerprint density at radius 2 is 1.74 bits per heavy atom. The highest BCUT2D eigenvalue weighted by molar-refractivity contribution is 9.10. The Kier molecular flexibility index (Phi) is 3.75. The SMILES string of the molecule is Cc1ccc(C(=O)c2ccc(F)c(F)c2Br)cc1F. The van der Waals surface area contributed by atoms with Crippen LogP contribution in [0.5, 0.6) is 0 Å². The Hall–Kier alpha value is -1.62. The summed E-state index contributed by atoms with van der Waals surface area (Å²) in [6.07, 6.45) is 0. The Labute approximate surface area is 116 Å². The van der Waals surface area contributed by atoms with Crippen LogP contribution in [0.25, 0.3) is 0 Å². The number of hydrogen-bond acceptors (Lipinski definition) is 1. The van der Waals surface area contributed by atoms with E-state index >= 15 is 0 Å². The molecule has 0 heterocycles. The van der Waals surface area contributed by atoms with Crippen molar-refractivity contribution in [1.82, 2.24) is 0 Å². The van der Waals surface area contributed by atoms with Crippen molar-refractivity contribution in [1.29, 1.82) is 0 Å². The van der Waals surface area contributed by atoms with Crippen molar-refractivity contribution >= 4 is 21.7 Å². The lowest BCUT2D eigenvalue weighted by molar-refractivity contribution is 0.103. The summed E-state index contributed by atoms with van der Waals surface area (Å²) in [4.78, 5) is 12.1. The van der Waals surface area contributed by atoms with E-state index in [2.05, 4.69) is 15.9 Å². The first kappa shape index (κ1) is 13.8. The number of halogens is 4. The smallest absolute Gasteiger partial charge is 0.194 e. The molecule has 1 nitrogen and oxygen atoms in total. The quantitative estimate of drug-likeness (QED) is 0.589. The lowest BCUT2D eigenvalue weighted by Gasteiger charge is -2.06. The van der Waals surface area contributed by atoms with Gasteiger partial charge in [0.2, 0.25) is 0 Å². The number of ketones is 1. The van der Waals surface area contributed by atoms with Gasteiger partial charge in [0.25, 0.3) is 0 Å². The summed E-state index contributed by atoms with van der Waals surface area (Å²) in [6, 6.07) is 5.98. The predicted molar refractivity (Wildman–Crippen MR) is 68.6 cm³/mol. The molecule has 2 aromatic rings. The third kappa shape index (κ3) is 2.56. The highest BCUT2D eigenvalue weighted by Crippen LogP contribution is 2.25. The number of rotatable bonds is 2. The Bertz CT molecular complexity index is 668. The summed E-state index contributed by atoms with van der Waals surface area (Å²) in [5.41, 5.74) is 0.429. The van der Waals surface area contributed by atoms with Gasteiger partial charge in [-0.1, -0.05) is 12.1 Å². The van der Waals surface area contributed by atoms with E-state index in [-0.39, 0.29) is 15.6 Å². The van der Waals surface area contributed by atoms with Gasteiger partial charge < -0.3 is 0 Å². The second-order valence-electron chi connectivity index (χ2n) is 4.02. The highest BCUT2D eigenvalue weighted by atomic mass is 79.9.